The molecule has 0 bridgehead atoms. The highest BCUT2D eigenvalue weighted by Crippen LogP contribution is 2.25. The molecule has 0 fully saturated rings. The predicted octanol–water partition coefficient (Wildman–Crippen LogP) is 4.16. The van der Waals surface area contributed by atoms with Crippen LogP contribution in [0.2, 0.25) is 0 Å². The van der Waals surface area contributed by atoms with E-state index >= 15 is 0 Å². The second-order valence-corrected chi connectivity index (χ2v) is 10.2. The molecule has 0 saturated carbocycles. The fraction of sp³-hybridized carbons (Fsp3) is 0.318. The average molecular weight is 488 g/mol. The molecule has 33 heavy (non-hydrogen) atoms. The van der Waals surface area contributed by atoms with Gasteiger partial charge < -0.3 is 14.1 Å². The maximum atomic E-state index is 12.8. The van der Waals surface area contributed by atoms with E-state index in [1.807, 2.05) is 45.0 Å². The van der Waals surface area contributed by atoms with Crippen LogP contribution in [0.4, 0.5) is 0 Å². The summed E-state index contributed by atoms with van der Waals surface area (Å²) >= 11 is 1.34. The Labute approximate surface area is 196 Å². The molecule has 2 aromatic carbocycles. The molecule has 9 nitrogen and oxygen atoms in total. The molecular formula is C22H25N5O4S2. The van der Waals surface area contributed by atoms with Crippen molar-refractivity contribution in [1.82, 2.24) is 24.5 Å². The monoisotopic (exact) mass is 487 g/mol. The number of thioether (sulfide) groups is 1. The number of nitrogens with zero attached hydrogens (tertiary/aromatic N) is 4. The number of hydrogen-bond acceptors (Lipinski definition) is 8. The number of fused-ring (bicyclic) bond motifs is 1. The minimum Gasteiger partial charge on any atom is -0.484 e. The molecule has 1 N–H and O–H groups in total. The first-order valence-electron chi connectivity index (χ1n) is 10.5. The van der Waals surface area contributed by atoms with Crippen LogP contribution in [0.5, 0.6) is 5.75 Å². The van der Waals surface area contributed by atoms with Gasteiger partial charge >= 0.3 is 0 Å². The van der Waals surface area contributed by atoms with Gasteiger partial charge in [0.05, 0.1) is 21.7 Å². The first-order chi connectivity index (χ1) is 15.9. The summed E-state index contributed by atoms with van der Waals surface area (Å²) in [7, 11) is -3.53. The second-order valence-electron chi connectivity index (χ2n) is 7.30. The lowest BCUT2D eigenvalue weighted by atomic mass is 10.2. The zero-order valence-electron chi connectivity index (χ0n) is 18.6. The molecule has 174 valence electrons. The van der Waals surface area contributed by atoms with Crippen molar-refractivity contribution in [1.29, 1.82) is 0 Å². The number of benzene rings is 2. The summed E-state index contributed by atoms with van der Waals surface area (Å²) < 4.78 is 38.2. The van der Waals surface area contributed by atoms with Gasteiger partial charge in [-0.15, -0.1) is 10.2 Å². The van der Waals surface area contributed by atoms with Gasteiger partial charge in [0.25, 0.3) is 11.1 Å². The maximum absolute atomic E-state index is 12.8. The van der Waals surface area contributed by atoms with Crippen LogP contribution in [0.3, 0.4) is 0 Å². The summed E-state index contributed by atoms with van der Waals surface area (Å²) in [6.45, 7) is 6.69. The highest BCUT2D eigenvalue weighted by molar-refractivity contribution is 7.98. The molecule has 0 radical (unpaired) electrons. The summed E-state index contributed by atoms with van der Waals surface area (Å²) in [5.41, 5.74) is 2.52. The summed E-state index contributed by atoms with van der Waals surface area (Å²) in [5, 5.41) is 8.45. The van der Waals surface area contributed by atoms with Crippen LogP contribution >= 0.6 is 11.8 Å². The Hall–Kier alpha value is -2.89. The molecule has 0 aliphatic rings. The Bertz CT molecular complexity index is 1330. The van der Waals surface area contributed by atoms with Crippen molar-refractivity contribution in [3.63, 3.8) is 0 Å². The van der Waals surface area contributed by atoms with Crippen LogP contribution in [-0.4, -0.2) is 46.0 Å². The van der Waals surface area contributed by atoms with Crippen molar-refractivity contribution in [3.8, 4) is 5.75 Å². The molecule has 4 rings (SSSR count). The van der Waals surface area contributed by atoms with Crippen molar-refractivity contribution in [2.24, 2.45) is 0 Å². The maximum Gasteiger partial charge on any atom is 0.277 e. The average Bonchev–Trinajstić information content (AvgIpc) is 3.43. The van der Waals surface area contributed by atoms with Crippen molar-refractivity contribution >= 4 is 32.8 Å². The van der Waals surface area contributed by atoms with Gasteiger partial charge in [0.2, 0.25) is 10.0 Å². The van der Waals surface area contributed by atoms with Gasteiger partial charge in [0.1, 0.15) is 11.6 Å². The molecule has 4 aromatic rings. The topological polar surface area (TPSA) is 114 Å². The van der Waals surface area contributed by atoms with Crippen LogP contribution in [0.25, 0.3) is 11.0 Å². The summed E-state index contributed by atoms with van der Waals surface area (Å²) in [4.78, 5) is 7.96. The zero-order valence-corrected chi connectivity index (χ0v) is 20.2. The van der Waals surface area contributed by atoms with Crippen LogP contribution in [0.1, 0.15) is 31.1 Å². The fourth-order valence-electron chi connectivity index (χ4n) is 3.25. The van der Waals surface area contributed by atoms with Crippen LogP contribution in [0.15, 0.2) is 57.0 Å². The predicted molar refractivity (Wildman–Crippen MR) is 126 cm³/mol. The van der Waals surface area contributed by atoms with Gasteiger partial charge in [0.15, 0.2) is 6.61 Å². The van der Waals surface area contributed by atoms with Gasteiger partial charge in [0, 0.05) is 13.1 Å². The SMILES string of the molecule is CCN(CC)S(=O)(=O)c1ccc2nc(CSc3nnc(COc4ccc(C)cc4)o3)[nH]c2c1. The molecule has 0 unspecified atom stereocenters. The van der Waals surface area contributed by atoms with Crippen LogP contribution < -0.4 is 4.74 Å². The molecule has 11 heteroatoms. The normalized spacial score (nSPS) is 12.0. The molecule has 0 saturated heterocycles. The third-order valence-corrected chi connectivity index (χ3v) is 7.89. The molecular weight excluding hydrogens is 462 g/mol. The van der Waals surface area contributed by atoms with Gasteiger partial charge in [-0.05, 0) is 37.3 Å². The van der Waals surface area contributed by atoms with E-state index in [2.05, 4.69) is 20.2 Å². The van der Waals surface area contributed by atoms with E-state index in [4.69, 9.17) is 9.15 Å². The number of sulfonamides is 1. The number of aryl methyl sites for hydroxylation is 1. The lowest BCUT2D eigenvalue weighted by Crippen LogP contribution is -2.30. The highest BCUT2D eigenvalue weighted by Gasteiger charge is 2.22. The van der Waals surface area contributed by atoms with E-state index in [-0.39, 0.29) is 11.5 Å². The standard InChI is InChI=1S/C22H25N5O4S2/c1-4-27(5-2)33(28,29)17-10-11-18-19(12-17)24-20(23-18)14-32-22-26-25-21(31-22)13-30-16-8-6-15(3)7-9-16/h6-12H,4-5,13-14H2,1-3H3,(H,23,24). The van der Waals surface area contributed by atoms with Crippen LogP contribution in [-0.2, 0) is 22.4 Å². The number of ether oxygens (including phenoxy) is 1. The number of imidazole rings is 1. The lowest BCUT2D eigenvalue weighted by molar-refractivity contribution is 0.252. The fourth-order valence-corrected chi connectivity index (χ4v) is 5.38. The summed E-state index contributed by atoms with van der Waals surface area (Å²) in [6.07, 6.45) is 0. The third kappa shape index (κ3) is 5.37. The molecule has 0 aliphatic carbocycles. The second kappa shape index (κ2) is 9.94. The van der Waals surface area contributed by atoms with Crippen molar-refractivity contribution < 1.29 is 17.6 Å². The molecule has 0 spiro atoms. The highest BCUT2D eigenvalue weighted by atomic mass is 32.2. The molecule has 2 aromatic heterocycles. The van der Waals surface area contributed by atoms with E-state index in [1.165, 1.54) is 16.1 Å². The van der Waals surface area contributed by atoms with Crippen LogP contribution in [0, 0.1) is 6.92 Å². The van der Waals surface area contributed by atoms with Crippen molar-refractivity contribution in [2.75, 3.05) is 13.1 Å². The van der Waals surface area contributed by atoms with E-state index in [0.29, 0.717) is 46.8 Å². The number of rotatable bonds is 10. The first-order valence-corrected chi connectivity index (χ1v) is 12.9. The summed E-state index contributed by atoms with van der Waals surface area (Å²) in [5.74, 6) is 2.27. The van der Waals surface area contributed by atoms with Gasteiger partial charge in [-0.3, -0.25) is 0 Å². The quantitative estimate of drug-likeness (QED) is 0.332. The van der Waals surface area contributed by atoms with Gasteiger partial charge in [-0.2, -0.15) is 4.31 Å². The first kappa shape index (κ1) is 23.3. The minimum absolute atomic E-state index is 0.186. The zero-order chi connectivity index (χ0) is 23.4. The number of nitrogens with one attached hydrogen (secondary N) is 1. The minimum atomic E-state index is -3.53. The Morgan fingerprint density at radius 3 is 2.58 bits per heavy atom. The number of aromatic amines is 1. The lowest BCUT2D eigenvalue weighted by Gasteiger charge is -2.18. The van der Waals surface area contributed by atoms with Gasteiger partial charge in [-0.25, -0.2) is 13.4 Å². The van der Waals surface area contributed by atoms with E-state index in [1.54, 1.807) is 18.2 Å². The number of H-pyrrole nitrogens is 1. The summed E-state index contributed by atoms with van der Waals surface area (Å²) in [6, 6.07) is 12.6. The Morgan fingerprint density at radius 1 is 1.09 bits per heavy atom. The van der Waals surface area contributed by atoms with Gasteiger partial charge in [-0.1, -0.05) is 43.3 Å². The van der Waals surface area contributed by atoms with E-state index in [9.17, 15) is 8.42 Å². The van der Waals surface area contributed by atoms with Crippen molar-refractivity contribution in [3.05, 3.63) is 59.7 Å². The molecule has 0 amide bonds. The molecule has 0 aliphatic heterocycles. The Balaban J connectivity index is 1.39. The Kier molecular flexibility index (Phi) is 7.01. The number of hydrogen-bond donors (Lipinski definition) is 1. The number of aromatic nitrogens is 4. The van der Waals surface area contributed by atoms with Crippen molar-refractivity contribution in [2.45, 2.75) is 43.2 Å². The van der Waals surface area contributed by atoms with E-state index < -0.39 is 10.0 Å². The Morgan fingerprint density at radius 2 is 1.85 bits per heavy atom. The largest absolute Gasteiger partial charge is 0.484 e. The molecule has 0 atom stereocenters. The smallest absolute Gasteiger partial charge is 0.277 e. The molecule has 2 heterocycles. The third-order valence-electron chi connectivity index (χ3n) is 5.01. The van der Waals surface area contributed by atoms with E-state index in [0.717, 1.165) is 11.3 Å².